The van der Waals surface area contributed by atoms with Crippen LogP contribution in [0, 0.1) is 6.92 Å². The molecule has 1 heterocycles. The Hall–Kier alpha value is -1.66. The third-order valence-electron chi connectivity index (χ3n) is 3.43. The first-order chi connectivity index (χ1) is 9.83. The fourth-order valence-corrected chi connectivity index (χ4v) is 2.13. The second kappa shape index (κ2) is 7.38. The molecule has 0 spiro atoms. The van der Waals surface area contributed by atoms with Crippen LogP contribution in [0.5, 0.6) is 0 Å². The molecule has 0 aromatic carbocycles. The monoisotopic (exact) mass is 310 g/mol. The molecule has 0 aliphatic heterocycles. The van der Waals surface area contributed by atoms with Gasteiger partial charge in [0.05, 0.1) is 0 Å². The molecule has 0 aliphatic rings. The zero-order valence-electron chi connectivity index (χ0n) is 13.3. The summed E-state index contributed by atoms with van der Waals surface area (Å²) in [7, 11) is 3.90. The van der Waals surface area contributed by atoms with E-state index in [2.05, 4.69) is 35.3 Å². The predicted molar refractivity (Wildman–Crippen MR) is 87.1 cm³/mol. The van der Waals surface area contributed by atoms with Crippen molar-refractivity contribution in [2.45, 2.75) is 33.0 Å². The van der Waals surface area contributed by atoms with Gasteiger partial charge in [-0.1, -0.05) is 24.8 Å². The summed E-state index contributed by atoms with van der Waals surface area (Å²) >= 11 is 5.93. The van der Waals surface area contributed by atoms with Crippen molar-refractivity contribution in [1.82, 2.24) is 24.8 Å². The Bertz CT molecular complexity index is 536. The van der Waals surface area contributed by atoms with E-state index in [-0.39, 0.29) is 12.2 Å². The van der Waals surface area contributed by atoms with Gasteiger partial charge in [0.25, 0.3) is 0 Å². The molecule has 0 fully saturated rings. The molecule has 7 heteroatoms. The number of aryl methyl sites for hydroxylation is 1. The molecule has 0 amide bonds. The minimum Gasteiger partial charge on any atom is -0.315 e. The van der Waals surface area contributed by atoms with Crippen molar-refractivity contribution in [2.75, 3.05) is 14.1 Å². The average Bonchev–Trinajstić information content (AvgIpc) is 2.86. The van der Waals surface area contributed by atoms with Gasteiger partial charge in [-0.2, -0.15) is 0 Å². The van der Waals surface area contributed by atoms with Gasteiger partial charge in [-0.25, -0.2) is 5.01 Å². The number of aromatic nitrogens is 3. The minimum atomic E-state index is -0.207. The lowest BCUT2D eigenvalue weighted by molar-refractivity contribution is 0.00258. The van der Waals surface area contributed by atoms with Crippen molar-refractivity contribution >= 4 is 16.8 Å². The Kier molecular flexibility index (Phi) is 6.11. The summed E-state index contributed by atoms with van der Waals surface area (Å²) < 4.78 is 2.03. The smallest absolute Gasteiger partial charge is 0.159 e. The number of hydrogen-bond donors (Lipinski definition) is 0. The first-order valence-electron chi connectivity index (χ1n) is 6.68. The highest BCUT2D eigenvalue weighted by Crippen LogP contribution is 2.23. The fourth-order valence-electron chi connectivity index (χ4n) is 1.99. The highest BCUT2D eigenvalue weighted by molar-refractivity contribution is 6.68. The molecular formula is C14H23ClN6. The van der Waals surface area contributed by atoms with E-state index in [4.69, 9.17) is 11.6 Å². The van der Waals surface area contributed by atoms with Gasteiger partial charge in [0.2, 0.25) is 0 Å². The second-order valence-corrected chi connectivity index (χ2v) is 5.16. The molecular weight excluding hydrogens is 288 g/mol. The van der Waals surface area contributed by atoms with E-state index in [0.717, 1.165) is 11.6 Å². The van der Waals surface area contributed by atoms with E-state index in [1.807, 2.05) is 42.5 Å². The average molecular weight is 311 g/mol. The number of aliphatic imine (C=N–C) groups is 1. The van der Waals surface area contributed by atoms with Crippen molar-refractivity contribution in [3.63, 3.8) is 0 Å². The standard InChI is InChI=1S/C14H23ClN6/c1-8-13(15)16-10(3)14-18-17-11(4)21(14)12(5)20(7)19(6)9-2/h8-10,12H,1-2H2,3-7H3/b16-13+/t10-,12?/m0/s1. The van der Waals surface area contributed by atoms with Crippen molar-refractivity contribution in [3.8, 4) is 0 Å². The minimum absolute atomic E-state index is 0.0122. The zero-order chi connectivity index (χ0) is 16.2. The largest absolute Gasteiger partial charge is 0.315 e. The van der Waals surface area contributed by atoms with E-state index < -0.39 is 0 Å². The topological polar surface area (TPSA) is 49.6 Å². The van der Waals surface area contributed by atoms with Crippen LogP contribution in [0.3, 0.4) is 0 Å². The molecule has 0 saturated carbocycles. The van der Waals surface area contributed by atoms with Crippen LogP contribution in [0.25, 0.3) is 0 Å². The molecule has 0 aliphatic carbocycles. The summed E-state index contributed by atoms with van der Waals surface area (Å²) in [4.78, 5) is 4.33. The number of rotatable bonds is 7. The molecule has 2 atom stereocenters. The van der Waals surface area contributed by atoms with E-state index in [9.17, 15) is 0 Å². The molecule has 1 rings (SSSR count). The second-order valence-electron chi connectivity index (χ2n) is 4.77. The van der Waals surface area contributed by atoms with Crippen molar-refractivity contribution in [3.05, 3.63) is 37.1 Å². The van der Waals surface area contributed by atoms with Crippen molar-refractivity contribution in [2.24, 2.45) is 4.99 Å². The van der Waals surface area contributed by atoms with Crippen LogP contribution >= 0.6 is 11.6 Å². The zero-order valence-corrected chi connectivity index (χ0v) is 14.0. The van der Waals surface area contributed by atoms with Gasteiger partial charge in [0.15, 0.2) is 5.82 Å². The normalized spacial score (nSPS) is 14.9. The Labute approximate surface area is 131 Å². The number of halogens is 1. The summed E-state index contributed by atoms with van der Waals surface area (Å²) in [6.07, 6.45) is 3.26. The SMILES string of the molecule is C=C/C(Cl)=N\[C@@H](C)c1nnc(C)n1C(C)N(C)N(C)C=C. The van der Waals surface area contributed by atoms with Gasteiger partial charge < -0.3 is 5.01 Å². The quantitative estimate of drug-likeness (QED) is 0.574. The van der Waals surface area contributed by atoms with Gasteiger partial charge in [-0.05, 0) is 26.8 Å². The lowest BCUT2D eigenvalue weighted by Gasteiger charge is -2.34. The number of nitrogens with zero attached hydrogens (tertiary/aromatic N) is 6. The van der Waals surface area contributed by atoms with Crippen molar-refractivity contribution < 1.29 is 0 Å². The number of hydrazine groups is 1. The van der Waals surface area contributed by atoms with Crippen LogP contribution < -0.4 is 0 Å². The van der Waals surface area contributed by atoms with Gasteiger partial charge in [0.1, 0.15) is 23.2 Å². The van der Waals surface area contributed by atoms with Gasteiger partial charge in [0, 0.05) is 20.3 Å². The lowest BCUT2D eigenvalue weighted by Crippen LogP contribution is -2.38. The third-order valence-corrected chi connectivity index (χ3v) is 3.68. The van der Waals surface area contributed by atoms with Crippen LogP contribution in [0.1, 0.15) is 37.7 Å². The molecule has 0 bridgehead atoms. The van der Waals surface area contributed by atoms with Crippen molar-refractivity contribution in [1.29, 1.82) is 0 Å². The van der Waals surface area contributed by atoms with Gasteiger partial charge in [-0.3, -0.25) is 9.56 Å². The molecule has 116 valence electrons. The van der Waals surface area contributed by atoms with Crippen LogP contribution in [-0.2, 0) is 0 Å². The molecule has 6 nitrogen and oxygen atoms in total. The maximum Gasteiger partial charge on any atom is 0.159 e. The summed E-state index contributed by atoms with van der Waals surface area (Å²) in [5.41, 5.74) is 0. The fraction of sp³-hybridized carbons (Fsp3) is 0.500. The van der Waals surface area contributed by atoms with E-state index in [1.54, 1.807) is 6.20 Å². The molecule has 21 heavy (non-hydrogen) atoms. The van der Waals surface area contributed by atoms with E-state index in [1.165, 1.54) is 6.08 Å². The molecule has 1 aromatic rings. The highest BCUT2D eigenvalue weighted by atomic mass is 35.5. The number of hydrogen-bond acceptors (Lipinski definition) is 5. The third kappa shape index (κ3) is 3.92. The Morgan fingerprint density at radius 2 is 1.95 bits per heavy atom. The molecule has 0 saturated heterocycles. The first-order valence-corrected chi connectivity index (χ1v) is 7.06. The van der Waals surface area contributed by atoms with Gasteiger partial charge in [-0.15, -0.1) is 10.2 Å². The molecule has 0 radical (unpaired) electrons. The first kappa shape index (κ1) is 17.4. The number of allylic oxidation sites excluding steroid dienone is 1. The van der Waals surface area contributed by atoms with E-state index >= 15 is 0 Å². The lowest BCUT2D eigenvalue weighted by atomic mass is 10.3. The Morgan fingerprint density at radius 1 is 1.33 bits per heavy atom. The summed E-state index contributed by atoms with van der Waals surface area (Å²) in [5, 5.41) is 12.7. The predicted octanol–water partition coefficient (Wildman–Crippen LogP) is 2.91. The Balaban J connectivity index is 3.16. The van der Waals surface area contributed by atoms with Crippen LogP contribution in [0.2, 0.25) is 0 Å². The van der Waals surface area contributed by atoms with Crippen LogP contribution in [0.4, 0.5) is 0 Å². The van der Waals surface area contributed by atoms with Gasteiger partial charge >= 0.3 is 0 Å². The summed E-state index contributed by atoms with van der Waals surface area (Å²) in [5.74, 6) is 1.57. The summed E-state index contributed by atoms with van der Waals surface area (Å²) in [6.45, 7) is 13.3. The maximum absolute atomic E-state index is 5.93. The molecule has 1 aromatic heterocycles. The van der Waals surface area contributed by atoms with Crippen LogP contribution in [0.15, 0.2) is 30.4 Å². The maximum atomic E-state index is 5.93. The summed E-state index contributed by atoms with van der Waals surface area (Å²) in [6, 6.07) is -0.207. The van der Waals surface area contributed by atoms with E-state index in [0.29, 0.717) is 5.17 Å². The van der Waals surface area contributed by atoms with Crippen LogP contribution in [-0.4, -0.2) is 44.0 Å². The molecule has 1 unspecified atom stereocenters. The molecule has 0 N–H and O–H groups in total. The highest BCUT2D eigenvalue weighted by Gasteiger charge is 2.23. The Morgan fingerprint density at radius 3 is 2.48 bits per heavy atom.